The Morgan fingerprint density at radius 2 is 1.86 bits per heavy atom. The molecule has 80 valence electrons. The van der Waals surface area contributed by atoms with Gasteiger partial charge in [-0.2, -0.15) is 0 Å². The Bertz CT molecular complexity index is 211. The van der Waals surface area contributed by atoms with Gasteiger partial charge in [-0.25, -0.2) is 0 Å². The molecule has 2 rings (SSSR count). The first-order valence-corrected chi connectivity index (χ1v) is 5.75. The Kier molecular flexibility index (Phi) is 3.06. The van der Waals surface area contributed by atoms with E-state index in [2.05, 4.69) is 16.8 Å². The predicted octanol–water partition coefficient (Wildman–Crippen LogP) is 0.951. The molecule has 0 radical (unpaired) electrons. The standard InChI is InChI=1S/C11H20N2O/c1-12-6-4-5-10(9-12)11(14)13-7-2-3-8-13/h10H,2-9H2,1H3/t10-/m1/s1. The molecule has 2 aliphatic heterocycles. The summed E-state index contributed by atoms with van der Waals surface area (Å²) in [5, 5.41) is 0. The van der Waals surface area contributed by atoms with Crippen molar-refractivity contribution < 1.29 is 4.79 Å². The van der Waals surface area contributed by atoms with Gasteiger partial charge in [-0.1, -0.05) is 0 Å². The highest BCUT2D eigenvalue weighted by atomic mass is 16.2. The maximum Gasteiger partial charge on any atom is 0.226 e. The molecular formula is C11H20N2O. The van der Waals surface area contributed by atoms with Crippen molar-refractivity contribution in [1.82, 2.24) is 9.80 Å². The first kappa shape index (κ1) is 9.97. The number of likely N-dealkylation sites (tertiary alicyclic amines) is 2. The second-order valence-electron chi connectivity index (χ2n) is 4.63. The average Bonchev–Trinajstić information content (AvgIpc) is 2.69. The number of carbonyl (C=O) groups is 1. The lowest BCUT2D eigenvalue weighted by molar-refractivity contribution is -0.136. The normalized spacial score (nSPS) is 29.5. The second-order valence-corrected chi connectivity index (χ2v) is 4.63. The summed E-state index contributed by atoms with van der Waals surface area (Å²) in [6.07, 6.45) is 4.68. The van der Waals surface area contributed by atoms with E-state index in [1.165, 1.54) is 19.3 Å². The van der Waals surface area contributed by atoms with Crippen molar-refractivity contribution in [1.29, 1.82) is 0 Å². The van der Waals surface area contributed by atoms with Gasteiger partial charge >= 0.3 is 0 Å². The lowest BCUT2D eigenvalue weighted by atomic mass is 9.97. The molecule has 0 bridgehead atoms. The lowest BCUT2D eigenvalue weighted by Gasteiger charge is -2.31. The summed E-state index contributed by atoms with van der Waals surface area (Å²) in [5.41, 5.74) is 0. The molecule has 0 saturated carbocycles. The Balaban J connectivity index is 1.89. The first-order valence-electron chi connectivity index (χ1n) is 5.75. The van der Waals surface area contributed by atoms with Crippen LogP contribution < -0.4 is 0 Å². The van der Waals surface area contributed by atoms with Gasteiger partial charge in [0, 0.05) is 19.6 Å². The minimum absolute atomic E-state index is 0.284. The monoisotopic (exact) mass is 196 g/mol. The maximum atomic E-state index is 12.0. The third-order valence-electron chi connectivity index (χ3n) is 3.39. The van der Waals surface area contributed by atoms with Crippen molar-refractivity contribution in [2.45, 2.75) is 25.7 Å². The third kappa shape index (κ3) is 2.08. The summed E-state index contributed by atoms with van der Waals surface area (Å²) < 4.78 is 0. The minimum atomic E-state index is 0.284. The third-order valence-corrected chi connectivity index (χ3v) is 3.39. The van der Waals surface area contributed by atoms with Crippen LogP contribution in [0.4, 0.5) is 0 Å². The first-order chi connectivity index (χ1) is 6.77. The summed E-state index contributed by atoms with van der Waals surface area (Å²) in [7, 11) is 2.11. The van der Waals surface area contributed by atoms with Crippen LogP contribution in [0.2, 0.25) is 0 Å². The van der Waals surface area contributed by atoms with Crippen LogP contribution in [-0.4, -0.2) is 48.9 Å². The number of amides is 1. The van der Waals surface area contributed by atoms with Crippen LogP contribution in [0, 0.1) is 5.92 Å². The lowest BCUT2D eigenvalue weighted by Crippen LogP contribution is -2.42. The van der Waals surface area contributed by atoms with Crippen molar-refractivity contribution in [2.24, 2.45) is 5.92 Å². The van der Waals surface area contributed by atoms with E-state index in [9.17, 15) is 4.79 Å². The Labute approximate surface area is 86.1 Å². The van der Waals surface area contributed by atoms with Crippen LogP contribution >= 0.6 is 0 Å². The van der Waals surface area contributed by atoms with E-state index >= 15 is 0 Å². The van der Waals surface area contributed by atoms with E-state index in [-0.39, 0.29) is 5.92 Å². The van der Waals surface area contributed by atoms with Gasteiger partial charge in [0.15, 0.2) is 0 Å². The van der Waals surface area contributed by atoms with E-state index in [0.29, 0.717) is 5.91 Å². The van der Waals surface area contributed by atoms with Crippen molar-refractivity contribution in [3.63, 3.8) is 0 Å². The molecule has 2 fully saturated rings. The summed E-state index contributed by atoms with van der Waals surface area (Å²) in [6, 6.07) is 0. The molecule has 3 heteroatoms. The smallest absolute Gasteiger partial charge is 0.226 e. The zero-order valence-corrected chi connectivity index (χ0v) is 9.04. The molecule has 2 saturated heterocycles. The highest BCUT2D eigenvalue weighted by molar-refractivity contribution is 5.79. The van der Waals surface area contributed by atoms with Gasteiger partial charge in [-0.05, 0) is 39.3 Å². The minimum Gasteiger partial charge on any atom is -0.342 e. The number of nitrogens with zero attached hydrogens (tertiary/aromatic N) is 2. The van der Waals surface area contributed by atoms with Gasteiger partial charge in [0.05, 0.1) is 5.92 Å². The number of piperidine rings is 1. The molecule has 1 amide bonds. The Morgan fingerprint density at radius 1 is 1.14 bits per heavy atom. The van der Waals surface area contributed by atoms with Gasteiger partial charge < -0.3 is 9.80 Å². The zero-order chi connectivity index (χ0) is 9.97. The molecule has 0 aromatic rings. The van der Waals surface area contributed by atoms with Crippen LogP contribution in [0.5, 0.6) is 0 Å². The quantitative estimate of drug-likeness (QED) is 0.623. The number of rotatable bonds is 1. The summed E-state index contributed by atoms with van der Waals surface area (Å²) in [6.45, 7) is 4.12. The fraction of sp³-hybridized carbons (Fsp3) is 0.909. The van der Waals surface area contributed by atoms with E-state index in [0.717, 1.165) is 32.6 Å². The van der Waals surface area contributed by atoms with Gasteiger partial charge in [0.2, 0.25) is 5.91 Å². The van der Waals surface area contributed by atoms with E-state index in [4.69, 9.17) is 0 Å². The zero-order valence-electron chi connectivity index (χ0n) is 9.04. The van der Waals surface area contributed by atoms with Gasteiger partial charge in [-0.15, -0.1) is 0 Å². The van der Waals surface area contributed by atoms with Crippen LogP contribution in [0.1, 0.15) is 25.7 Å². The molecule has 0 spiro atoms. The highest BCUT2D eigenvalue weighted by Gasteiger charge is 2.28. The molecule has 0 aromatic carbocycles. The topological polar surface area (TPSA) is 23.6 Å². The average molecular weight is 196 g/mol. The SMILES string of the molecule is CN1CCC[C@@H](C(=O)N2CCCC2)C1. The van der Waals surface area contributed by atoms with E-state index in [1.54, 1.807) is 0 Å². The van der Waals surface area contributed by atoms with E-state index in [1.807, 2.05) is 0 Å². The van der Waals surface area contributed by atoms with E-state index < -0.39 is 0 Å². The fourth-order valence-electron chi connectivity index (χ4n) is 2.56. The van der Waals surface area contributed by atoms with Crippen LogP contribution in [0.25, 0.3) is 0 Å². The van der Waals surface area contributed by atoms with Crippen molar-refractivity contribution >= 4 is 5.91 Å². The number of hydrogen-bond donors (Lipinski definition) is 0. The summed E-state index contributed by atoms with van der Waals surface area (Å²) in [5.74, 6) is 0.695. The molecule has 0 aliphatic carbocycles. The van der Waals surface area contributed by atoms with Crippen molar-refractivity contribution in [2.75, 3.05) is 33.2 Å². The summed E-state index contributed by atoms with van der Waals surface area (Å²) in [4.78, 5) is 16.4. The highest BCUT2D eigenvalue weighted by Crippen LogP contribution is 2.20. The molecule has 0 aromatic heterocycles. The van der Waals surface area contributed by atoms with Gasteiger partial charge in [0.25, 0.3) is 0 Å². The number of hydrogen-bond acceptors (Lipinski definition) is 2. The molecule has 14 heavy (non-hydrogen) atoms. The van der Waals surface area contributed by atoms with Gasteiger partial charge in [0.1, 0.15) is 0 Å². The molecule has 2 aliphatic rings. The molecule has 1 atom stereocenters. The maximum absolute atomic E-state index is 12.0. The molecule has 0 N–H and O–H groups in total. The molecule has 2 heterocycles. The molecule has 3 nitrogen and oxygen atoms in total. The largest absolute Gasteiger partial charge is 0.342 e. The Morgan fingerprint density at radius 3 is 2.50 bits per heavy atom. The van der Waals surface area contributed by atoms with Gasteiger partial charge in [-0.3, -0.25) is 4.79 Å². The fourth-order valence-corrected chi connectivity index (χ4v) is 2.56. The summed E-state index contributed by atoms with van der Waals surface area (Å²) >= 11 is 0. The second kappa shape index (κ2) is 4.30. The molecule has 0 unspecified atom stereocenters. The Hall–Kier alpha value is -0.570. The number of carbonyl (C=O) groups excluding carboxylic acids is 1. The van der Waals surface area contributed by atoms with Crippen molar-refractivity contribution in [3.8, 4) is 0 Å². The van der Waals surface area contributed by atoms with Crippen LogP contribution in [-0.2, 0) is 4.79 Å². The van der Waals surface area contributed by atoms with Crippen molar-refractivity contribution in [3.05, 3.63) is 0 Å². The van der Waals surface area contributed by atoms with Crippen LogP contribution in [0.15, 0.2) is 0 Å². The molecular weight excluding hydrogens is 176 g/mol. The van der Waals surface area contributed by atoms with Crippen LogP contribution in [0.3, 0.4) is 0 Å². The predicted molar refractivity (Wildman–Crippen MR) is 56.0 cm³/mol.